The Morgan fingerprint density at radius 2 is 2.07 bits per heavy atom. The van der Waals surface area contributed by atoms with Gasteiger partial charge in [0.2, 0.25) is 0 Å². The second kappa shape index (κ2) is 7.85. The molecule has 7 heteroatoms. The van der Waals surface area contributed by atoms with E-state index in [0.717, 1.165) is 10.6 Å². The van der Waals surface area contributed by atoms with Gasteiger partial charge in [-0.25, -0.2) is 0 Å². The van der Waals surface area contributed by atoms with E-state index in [2.05, 4.69) is 16.7 Å². The molecule has 2 amide bonds. The zero-order valence-corrected chi connectivity index (χ0v) is 15.9. The van der Waals surface area contributed by atoms with Gasteiger partial charge in [0.25, 0.3) is 11.8 Å². The van der Waals surface area contributed by atoms with Crippen LogP contribution in [0.5, 0.6) is 5.75 Å². The van der Waals surface area contributed by atoms with Gasteiger partial charge in [-0.1, -0.05) is 18.2 Å². The van der Waals surface area contributed by atoms with Crippen LogP contribution in [0.3, 0.4) is 0 Å². The van der Waals surface area contributed by atoms with Gasteiger partial charge in [0.15, 0.2) is 6.61 Å². The maximum Gasteiger partial charge on any atom is 0.262 e. The predicted octanol–water partition coefficient (Wildman–Crippen LogP) is 4.62. The Morgan fingerprint density at radius 1 is 1.19 bits per heavy atom. The highest BCUT2D eigenvalue weighted by atomic mass is 32.2. The molecule has 27 heavy (non-hydrogen) atoms. The van der Waals surface area contributed by atoms with Crippen molar-refractivity contribution in [3.05, 3.63) is 70.4 Å². The molecule has 0 atom stereocenters. The first kappa shape index (κ1) is 17.6. The number of amides is 2. The lowest BCUT2D eigenvalue weighted by Crippen LogP contribution is -2.25. The first-order valence-electron chi connectivity index (χ1n) is 8.31. The zero-order chi connectivity index (χ0) is 18.6. The SMILES string of the molecule is O=C1COc2ccc(NC(=O)c3ccccc3SCc3cccs3)cc2N1. The third kappa shape index (κ3) is 4.15. The quantitative estimate of drug-likeness (QED) is 0.618. The molecule has 0 spiro atoms. The summed E-state index contributed by atoms with van der Waals surface area (Å²) in [5.74, 6) is 1.03. The molecule has 2 heterocycles. The van der Waals surface area contributed by atoms with Gasteiger partial charge >= 0.3 is 0 Å². The summed E-state index contributed by atoms with van der Waals surface area (Å²) in [5, 5.41) is 7.69. The van der Waals surface area contributed by atoms with E-state index in [1.165, 1.54) is 4.88 Å². The van der Waals surface area contributed by atoms with E-state index in [4.69, 9.17) is 4.74 Å². The molecular weight excluding hydrogens is 380 g/mol. The average molecular weight is 396 g/mol. The number of carbonyl (C=O) groups is 2. The molecule has 4 rings (SSSR count). The second-order valence-corrected chi connectivity index (χ2v) is 7.92. The van der Waals surface area contributed by atoms with E-state index < -0.39 is 0 Å². The van der Waals surface area contributed by atoms with Crippen LogP contribution in [-0.4, -0.2) is 18.4 Å². The minimum atomic E-state index is -0.207. The fourth-order valence-corrected chi connectivity index (χ4v) is 4.51. The summed E-state index contributed by atoms with van der Waals surface area (Å²) in [5.41, 5.74) is 1.78. The third-order valence-corrected chi connectivity index (χ3v) is 6.13. The number of thiophene rings is 1. The maximum absolute atomic E-state index is 12.8. The van der Waals surface area contributed by atoms with Crippen molar-refractivity contribution in [1.82, 2.24) is 0 Å². The topological polar surface area (TPSA) is 67.4 Å². The monoisotopic (exact) mass is 396 g/mol. The molecule has 0 bridgehead atoms. The maximum atomic E-state index is 12.8. The van der Waals surface area contributed by atoms with Crippen LogP contribution < -0.4 is 15.4 Å². The number of benzene rings is 2. The summed E-state index contributed by atoms with van der Waals surface area (Å²) in [6, 6.07) is 16.9. The van der Waals surface area contributed by atoms with Gasteiger partial charge in [0, 0.05) is 21.2 Å². The number of hydrogen-bond acceptors (Lipinski definition) is 5. The lowest BCUT2D eigenvalue weighted by molar-refractivity contribution is -0.118. The highest BCUT2D eigenvalue weighted by molar-refractivity contribution is 7.98. The number of rotatable bonds is 5. The standard InChI is InChI=1S/C20H16N2O3S2/c23-19-11-25-17-8-7-13(10-16(17)22-19)21-20(24)15-5-1-2-6-18(15)27-12-14-4-3-9-26-14/h1-10H,11-12H2,(H,21,24)(H,22,23). The van der Waals surface area contributed by atoms with Gasteiger partial charge in [0.1, 0.15) is 5.75 Å². The molecule has 136 valence electrons. The Hall–Kier alpha value is -2.77. The molecule has 0 saturated heterocycles. The molecule has 3 aromatic rings. The van der Waals surface area contributed by atoms with Crippen LogP contribution in [0.4, 0.5) is 11.4 Å². The van der Waals surface area contributed by atoms with Crippen molar-refractivity contribution in [2.45, 2.75) is 10.6 Å². The molecule has 1 aliphatic heterocycles. The molecular formula is C20H16N2O3S2. The molecule has 1 aliphatic rings. The van der Waals surface area contributed by atoms with E-state index in [9.17, 15) is 9.59 Å². The van der Waals surface area contributed by atoms with Crippen molar-refractivity contribution >= 4 is 46.3 Å². The Morgan fingerprint density at radius 3 is 2.93 bits per heavy atom. The highest BCUT2D eigenvalue weighted by Crippen LogP contribution is 2.32. The molecule has 0 aliphatic carbocycles. The Balaban J connectivity index is 1.50. The van der Waals surface area contributed by atoms with Crippen LogP contribution in [0, 0.1) is 0 Å². The summed E-state index contributed by atoms with van der Waals surface area (Å²) in [6.07, 6.45) is 0. The zero-order valence-electron chi connectivity index (χ0n) is 14.2. The molecule has 1 aromatic heterocycles. The fourth-order valence-electron chi connectivity index (χ4n) is 2.68. The van der Waals surface area contributed by atoms with Crippen molar-refractivity contribution in [2.75, 3.05) is 17.2 Å². The minimum Gasteiger partial charge on any atom is -0.482 e. The van der Waals surface area contributed by atoms with Crippen molar-refractivity contribution in [3.63, 3.8) is 0 Å². The van der Waals surface area contributed by atoms with Gasteiger partial charge in [-0.15, -0.1) is 23.1 Å². The van der Waals surface area contributed by atoms with Crippen LogP contribution >= 0.6 is 23.1 Å². The van der Waals surface area contributed by atoms with Gasteiger partial charge in [-0.3, -0.25) is 9.59 Å². The lowest BCUT2D eigenvalue weighted by atomic mass is 10.2. The summed E-state index contributed by atoms with van der Waals surface area (Å²) < 4.78 is 5.34. The minimum absolute atomic E-state index is 0.00748. The van der Waals surface area contributed by atoms with E-state index in [0.29, 0.717) is 22.7 Å². The van der Waals surface area contributed by atoms with E-state index >= 15 is 0 Å². The summed E-state index contributed by atoms with van der Waals surface area (Å²) in [7, 11) is 0. The summed E-state index contributed by atoms with van der Waals surface area (Å²) in [4.78, 5) is 26.5. The predicted molar refractivity (Wildman–Crippen MR) is 109 cm³/mol. The lowest BCUT2D eigenvalue weighted by Gasteiger charge is -2.18. The Labute approximate surface area is 164 Å². The smallest absolute Gasteiger partial charge is 0.262 e. The van der Waals surface area contributed by atoms with Crippen LogP contribution in [0.25, 0.3) is 0 Å². The van der Waals surface area contributed by atoms with Crippen molar-refractivity contribution in [2.24, 2.45) is 0 Å². The van der Waals surface area contributed by atoms with Crippen LogP contribution in [0.2, 0.25) is 0 Å². The number of ether oxygens (including phenoxy) is 1. The van der Waals surface area contributed by atoms with Crippen molar-refractivity contribution in [1.29, 1.82) is 0 Å². The molecule has 0 radical (unpaired) electrons. The van der Waals surface area contributed by atoms with Crippen LogP contribution in [-0.2, 0) is 10.5 Å². The van der Waals surface area contributed by atoms with E-state index in [1.807, 2.05) is 35.7 Å². The Bertz CT molecular complexity index is 987. The number of fused-ring (bicyclic) bond motifs is 1. The number of carbonyl (C=O) groups excluding carboxylic acids is 2. The fraction of sp³-hybridized carbons (Fsp3) is 0.100. The second-order valence-electron chi connectivity index (χ2n) is 5.87. The van der Waals surface area contributed by atoms with Crippen molar-refractivity contribution in [3.8, 4) is 5.75 Å². The summed E-state index contributed by atoms with van der Waals surface area (Å²) >= 11 is 3.34. The largest absolute Gasteiger partial charge is 0.482 e. The highest BCUT2D eigenvalue weighted by Gasteiger charge is 2.17. The molecule has 0 saturated carbocycles. The van der Waals surface area contributed by atoms with Gasteiger partial charge in [-0.05, 0) is 41.8 Å². The molecule has 2 aromatic carbocycles. The van der Waals surface area contributed by atoms with Gasteiger partial charge in [-0.2, -0.15) is 0 Å². The number of hydrogen-bond donors (Lipinski definition) is 2. The van der Waals surface area contributed by atoms with Crippen molar-refractivity contribution < 1.29 is 14.3 Å². The van der Waals surface area contributed by atoms with E-state index in [-0.39, 0.29) is 18.4 Å². The molecule has 0 fully saturated rings. The number of nitrogens with one attached hydrogen (secondary N) is 2. The number of thioether (sulfide) groups is 1. The first-order chi connectivity index (χ1) is 13.2. The van der Waals surface area contributed by atoms with E-state index in [1.54, 1.807) is 41.3 Å². The molecule has 2 N–H and O–H groups in total. The first-order valence-corrected chi connectivity index (χ1v) is 10.2. The average Bonchev–Trinajstić information content (AvgIpc) is 3.20. The van der Waals surface area contributed by atoms with Crippen LogP contribution in [0.1, 0.15) is 15.2 Å². The number of anilines is 2. The molecule has 0 unspecified atom stereocenters. The third-order valence-electron chi connectivity index (χ3n) is 3.95. The molecule has 5 nitrogen and oxygen atoms in total. The Kier molecular flexibility index (Phi) is 5.13. The summed E-state index contributed by atoms with van der Waals surface area (Å²) in [6.45, 7) is 0.00748. The van der Waals surface area contributed by atoms with Crippen LogP contribution in [0.15, 0.2) is 64.9 Å². The van der Waals surface area contributed by atoms with Gasteiger partial charge in [0.05, 0.1) is 11.3 Å². The van der Waals surface area contributed by atoms with Gasteiger partial charge < -0.3 is 15.4 Å². The normalized spacial score (nSPS) is 12.7.